The molecule has 0 atom stereocenters. The number of rotatable bonds is 7. The van der Waals surface area contributed by atoms with Crippen LogP contribution in [0.15, 0.2) is 0 Å². The monoisotopic (exact) mass is 273 g/mol. The minimum Gasteiger partial charge on any atom is -0.382 e. The van der Waals surface area contributed by atoms with Crippen LogP contribution in [-0.4, -0.2) is 67.4 Å². The smallest absolute Gasteiger partial charge is 0.169 e. The predicted molar refractivity (Wildman–Crippen MR) is 80.0 cm³/mol. The number of nitrogens with zero attached hydrogens (tertiary/aromatic N) is 2. The van der Waals surface area contributed by atoms with E-state index in [9.17, 15) is 0 Å². The Bertz CT molecular complexity index is 230. The Kier molecular flexibility index (Phi) is 8.29. The van der Waals surface area contributed by atoms with Crippen LogP contribution in [0, 0.1) is 0 Å². The Morgan fingerprint density at radius 1 is 1.22 bits per heavy atom. The first-order chi connectivity index (χ1) is 8.77. The largest absolute Gasteiger partial charge is 0.382 e. The molecule has 1 heterocycles. The van der Waals surface area contributed by atoms with Crippen molar-refractivity contribution in [1.82, 2.24) is 15.1 Å². The molecule has 0 aromatic rings. The summed E-state index contributed by atoms with van der Waals surface area (Å²) in [5.41, 5.74) is 0. The lowest BCUT2D eigenvalue weighted by Crippen LogP contribution is -2.51. The van der Waals surface area contributed by atoms with E-state index >= 15 is 0 Å². The molecule has 18 heavy (non-hydrogen) atoms. The van der Waals surface area contributed by atoms with E-state index in [2.05, 4.69) is 22.0 Å². The van der Waals surface area contributed by atoms with Gasteiger partial charge in [0.1, 0.15) is 0 Å². The van der Waals surface area contributed by atoms with Crippen LogP contribution in [0.5, 0.6) is 0 Å². The van der Waals surface area contributed by atoms with Gasteiger partial charge in [-0.05, 0) is 38.5 Å². The van der Waals surface area contributed by atoms with E-state index in [0.717, 1.165) is 57.5 Å². The van der Waals surface area contributed by atoms with Gasteiger partial charge in [-0.3, -0.25) is 4.90 Å². The molecule has 106 valence electrons. The maximum atomic E-state index is 5.41. The van der Waals surface area contributed by atoms with Crippen LogP contribution in [0.2, 0.25) is 0 Å². The summed E-state index contributed by atoms with van der Waals surface area (Å²) in [6.45, 7) is 12.4. The molecule has 0 aromatic carbocycles. The number of hydrogen-bond donors (Lipinski definition) is 1. The van der Waals surface area contributed by atoms with E-state index in [-0.39, 0.29) is 0 Å². The van der Waals surface area contributed by atoms with Crippen LogP contribution < -0.4 is 5.32 Å². The van der Waals surface area contributed by atoms with E-state index in [4.69, 9.17) is 17.0 Å². The summed E-state index contributed by atoms with van der Waals surface area (Å²) in [7, 11) is 0. The van der Waals surface area contributed by atoms with Gasteiger partial charge >= 0.3 is 0 Å². The Morgan fingerprint density at radius 3 is 2.56 bits per heavy atom. The predicted octanol–water partition coefficient (Wildman–Crippen LogP) is 1.32. The lowest BCUT2D eigenvalue weighted by atomic mass is 10.3. The number of thiocarbonyl (C=S) groups is 1. The van der Waals surface area contributed by atoms with Crippen molar-refractivity contribution in [3.63, 3.8) is 0 Å². The summed E-state index contributed by atoms with van der Waals surface area (Å²) in [4.78, 5) is 4.79. The number of hydrogen-bond acceptors (Lipinski definition) is 3. The summed E-state index contributed by atoms with van der Waals surface area (Å²) in [6, 6.07) is 0. The highest BCUT2D eigenvalue weighted by Crippen LogP contribution is 2.02. The molecule has 1 N–H and O–H groups in total. The zero-order valence-electron chi connectivity index (χ0n) is 11.8. The molecule has 0 spiro atoms. The lowest BCUT2D eigenvalue weighted by molar-refractivity contribution is 0.145. The van der Waals surface area contributed by atoms with E-state index in [1.54, 1.807) is 0 Å². The van der Waals surface area contributed by atoms with Gasteiger partial charge in [-0.15, -0.1) is 0 Å². The van der Waals surface area contributed by atoms with Gasteiger partial charge in [0.15, 0.2) is 5.11 Å². The Balaban J connectivity index is 2.08. The third-order valence-electron chi connectivity index (χ3n) is 3.15. The Hall–Kier alpha value is -0.390. The molecular formula is C13H27N3OS. The third-order valence-corrected chi connectivity index (χ3v) is 3.55. The maximum Gasteiger partial charge on any atom is 0.169 e. The van der Waals surface area contributed by atoms with Crippen molar-refractivity contribution in [2.24, 2.45) is 0 Å². The van der Waals surface area contributed by atoms with Crippen LogP contribution >= 0.6 is 12.2 Å². The summed E-state index contributed by atoms with van der Waals surface area (Å²) < 4.78 is 5.30. The molecule has 0 saturated carbocycles. The zero-order valence-corrected chi connectivity index (χ0v) is 12.6. The van der Waals surface area contributed by atoms with Gasteiger partial charge in [0, 0.05) is 45.9 Å². The third kappa shape index (κ3) is 5.98. The molecule has 1 rings (SSSR count). The molecule has 0 amide bonds. The van der Waals surface area contributed by atoms with Crippen molar-refractivity contribution in [2.45, 2.75) is 26.7 Å². The van der Waals surface area contributed by atoms with E-state index in [0.29, 0.717) is 0 Å². The molecule has 1 aliphatic rings. The average molecular weight is 273 g/mol. The fourth-order valence-corrected chi connectivity index (χ4v) is 2.40. The second-order valence-corrected chi connectivity index (χ2v) is 5.00. The molecule has 1 fully saturated rings. The molecule has 0 unspecified atom stereocenters. The normalized spacial score (nSPS) is 16.9. The van der Waals surface area contributed by atoms with Gasteiger partial charge < -0.3 is 15.0 Å². The Morgan fingerprint density at radius 2 is 1.94 bits per heavy atom. The van der Waals surface area contributed by atoms with Crippen LogP contribution in [0.25, 0.3) is 0 Å². The van der Waals surface area contributed by atoms with Gasteiger partial charge in [0.25, 0.3) is 0 Å². The first-order valence-corrected chi connectivity index (χ1v) is 7.51. The molecule has 5 heteroatoms. The molecule has 1 aliphatic heterocycles. The minimum absolute atomic E-state index is 0.795. The summed E-state index contributed by atoms with van der Waals surface area (Å²) in [5, 5.41) is 4.22. The molecule has 0 bridgehead atoms. The van der Waals surface area contributed by atoms with Crippen LogP contribution in [-0.2, 0) is 4.74 Å². The minimum atomic E-state index is 0.795. The van der Waals surface area contributed by atoms with Gasteiger partial charge in [0.2, 0.25) is 0 Å². The van der Waals surface area contributed by atoms with Crippen LogP contribution in [0.4, 0.5) is 0 Å². The first-order valence-electron chi connectivity index (χ1n) is 7.10. The fourth-order valence-electron chi connectivity index (χ4n) is 2.12. The standard InChI is InChI=1S/C13H27N3OS/c1-3-7-15-8-10-16(11-9-15)13(18)14-6-5-12-17-4-2/h3-12H2,1-2H3,(H,14,18). The van der Waals surface area contributed by atoms with Crippen molar-refractivity contribution in [2.75, 3.05) is 52.5 Å². The summed E-state index contributed by atoms with van der Waals surface area (Å²) >= 11 is 5.41. The highest BCUT2D eigenvalue weighted by Gasteiger charge is 2.17. The van der Waals surface area contributed by atoms with Gasteiger partial charge in [0.05, 0.1) is 0 Å². The second-order valence-electron chi connectivity index (χ2n) is 4.61. The molecule has 0 radical (unpaired) electrons. The maximum absolute atomic E-state index is 5.41. The highest BCUT2D eigenvalue weighted by atomic mass is 32.1. The van der Waals surface area contributed by atoms with Crippen molar-refractivity contribution >= 4 is 17.3 Å². The summed E-state index contributed by atoms with van der Waals surface area (Å²) in [6.07, 6.45) is 2.25. The van der Waals surface area contributed by atoms with E-state index < -0.39 is 0 Å². The lowest BCUT2D eigenvalue weighted by Gasteiger charge is -2.36. The number of nitrogens with one attached hydrogen (secondary N) is 1. The molecule has 0 aromatic heterocycles. The average Bonchev–Trinajstić information content (AvgIpc) is 2.39. The zero-order chi connectivity index (χ0) is 13.2. The van der Waals surface area contributed by atoms with Gasteiger partial charge in [-0.25, -0.2) is 0 Å². The first kappa shape index (κ1) is 15.7. The van der Waals surface area contributed by atoms with Crippen LogP contribution in [0.3, 0.4) is 0 Å². The van der Waals surface area contributed by atoms with Crippen molar-refractivity contribution in [3.05, 3.63) is 0 Å². The fraction of sp³-hybridized carbons (Fsp3) is 0.923. The van der Waals surface area contributed by atoms with Crippen LogP contribution in [0.1, 0.15) is 26.7 Å². The molecule has 1 saturated heterocycles. The van der Waals surface area contributed by atoms with Gasteiger partial charge in [-0.2, -0.15) is 0 Å². The SMILES string of the molecule is CCCN1CCN(C(=S)NCCCOCC)CC1. The second kappa shape index (κ2) is 9.53. The van der Waals surface area contributed by atoms with Crippen molar-refractivity contribution < 1.29 is 4.74 Å². The van der Waals surface area contributed by atoms with Gasteiger partial charge in [-0.1, -0.05) is 6.92 Å². The van der Waals surface area contributed by atoms with Crippen molar-refractivity contribution in [1.29, 1.82) is 0 Å². The highest BCUT2D eigenvalue weighted by molar-refractivity contribution is 7.80. The Labute approximate surface area is 117 Å². The number of piperazine rings is 1. The summed E-state index contributed by atoms with van der Waals surface area (Å²) in [5.74, 6) is 0. The molecule has 0 aliphatic carbocycles. The molecule has 4 nitrogen and oxygen atoms in total. The van der Waals surface area contributed by atoms with Crippen molar-refractivity contribution in [3.8, 4) is 0 Å². The van der Waals surface area contributed by atoms with E-state index in [1.165, 1.54) is 13.0 Å². The quantitative estimate of drug-likeness (QED) is 0.558. The topological polar surface area (TPSA) is 27.7 Å². The number of ether oxygens (including phenoxy) is 1. The molecular weight excluding hydrogens is 246 g/mol. The van der Waals surface area contributed by atoms with E-state index in [1.807, 2.05) is 6.92 Å².